The molecule has 0 aliphatic rings. The van der Waals surface area contributed by atoms with Crippen molar-refractivity contribution >= 4 is 29.6 Å². The van der Waals surface area contributed by atoms with Gasteiger partial charge in [0.2, 0.25) is 23.6 Å². The van der Waals surface area contributed by atoms with Crippen LogP contribution in [0.4, 0.5) is 0 Å². The number of carbonyl (C=O) groups is 5. The average molecular weight is 458 g/mol. The van der Waals surface area contributed by atoms with Crippen molar-refractivity contribution in [3.05, 3.63) is 0 Å². The van der Waals surface area contributed by atoms with Crippen LogP contribution < -0.4 is 27.0 Å². The lowest BCUT2D eigenvalue weighted by Gasteiger charge is -2.30. The van der Waals surface area contributed by atoms with Gasteiger partial charge in [-0.15, -0.1) is 0 Å². The average Bonchev–Trinajstić information content (AvgIpc) is 2.71. The Bertz CT molecular complexity index is 682. The monoisotopic (exact) mass is 457 g/mol. The predicted octanol–water partition coefficient (Wildman–Crippen LogP) is -0.653. The molecule has 32 heavy (non-hydrogen) atoms. The number of nitrogens with two attached hydrogens (primary N) is 1. The number of aliphatic carboxylic acids is 1. The van der Waals surface area contributed by atoms with Crippen LogP contribution in [0.25, 0.3) is 0 Å². The number of carboxylic acids is 1. The van der Waals surface area contributed by atoms with Crippen molar-refractivity contribution in [3.8, 4) is 0 Å². The number of carboxylic acid groups (broad SMARTS) is 1. The molecule has 4 amide bonds. The van der Waals surface area contributed by atoms with Crippen LogP contribution in [-0.4, -0.2) is 65.4 Å². The predicted molar refractivity (Wildman–Crippen MR) is 119 cm³/mol. The molecule has 0 aromatic heterocycles. The van der Waals surface area contributed by atoms with Gasteiger partial charge in [0.15, 0.2) is 0 Å². The number of nitrogens with one attached hydrogen (secondary N) is 4. The standard InChI is InChI=1S/C21H39N5O6/c1-8-12(6)17(20(30)23-13(7)21(31)32)26-19(29)16(11(4)5)25-18(28)15(10(2)3)24-14(27)9-22/h10-13,15-17H,8-9,22H2,1-7H3,(H,23,30)(H,24,27)(H,25,28)(H,26,29)(H,31,32)/t12-,13-,15-,16-,17-/m0/s1. The van der Waals surface area contributed by atoms with Crippen LogP contribution in [0.5, 0.6) is 0 Å². The lowest BCUT2D eigenvalue weighted by molar-refractivity contribution is -0.142. The first-order valence-electron chi connectivity index (χ1n) is 10.9. The van der Waals surface area contributed by atoms with E-state index in [1.54, 1.807) is 34.6 Å². The summed E-state index contributed by atoms with van der Waals surface area (Å²) in [5, 5.41) is 19.3. The topological polar surface area (TPSA) is 180 Å². The molecule has 0 bridgehead atoms. The molecule has 0 saturated carbocycles. The molecule has 0 heterocycles. The maximum atomic E-state index is 13.0. The fourth-order valence-corrected chi connectivity index (χ4v) is 2.86. The van der Waals surface area contributed by atoms with E-state index in [9.17, 15) is 24.0 Å². The summed E-state index contributed by atoms with van der Waals surface area (Å²) in [5.41, 5.74) is 5.31. The number of carbonyl (C=O) groups excluding carboxylic acids is 4. The van der Waals surface area contributed by atoms with Crippen LogP contribution in [-0.2, 0) is 24.0 Å². The number of hydrogen-bond acceptors (Lipinski definition) is 6. The Hall–Kier alpha value is -2.69. The summed E-state index contributed by atoms with van der Waals surface area (Å²) in [5.74, 6) is -4.29. The van der Waals surface area contributed by atoms with Gasteiger partial charge in [-0.3, -0.25) is 24.0 Å². The second-order valence-corrected chi connectivity index (χ2v) is 8.66. The summed E-state index contributed by atoms with van der Waals surface area (Å²) >= 11 is 0. The van der Waals surface area contributed by atoms with Gasteiger partial charge in [0.1, 0.15) is 24.2 Å². The first kappa shape index (κ1) is 29.3. The lowest BCUT2D eigenvalue weighted by atomic mass is 9.95. The highest BCUT2D eigenvalue weighted by Gasteiger charge is 2.34. The Labute approximate surface area is 189 Å². The summed E-state index contributed by atoms with van der Waals surface area (Å²) < 4.78 is 0. The summed E-state index contributed by atoms with van der Waals surface area (Å²) in [7, 11) is 0. The van der Waals surface area contributed by atoms with E-state index in [2.05, 4.69) is 21.3 Å². The molecule has 7 N–H and O–H groups in total. The molecule has 5 atom stereocenters. The van der Waals surface area contributed by atoms with E-state index in [1.807, 2.05) is 6.92 Å². The highest BCUT2D eigenvalue weighted by Crippen LogP contribution is 2.11. The number of rotatable bonds is 13. The second kappa shape index (κ2) is 13.7. The van der Waals surface area contributed by atoms with Crippen molar-refractivity contribution in [2.24, 2.45) is 23.5 Å². The minimum absolute atomic E-state index is 0.252. The SMILES string of the molecule is CC[C@H](C)[C@H](NC(=O)[C@@H](NC(=O)[C@@H](NC(=O)CN)C(C)C)C(C)C)C(=O)N[C@@H](C)C(=O)O. The molecule has 0 aliphatic heterocycles. The van der Waals surface area contributed by atoms with Crippen molar-refractivity contribution in [2.45, 2.75) is 79.1 Å². The van der Waals surface area contributed by atoms with E-state index >= 15 is 0 Å². The summed E-state index contributed by atoms with van der Waals surface area (Å²) in [4.78, 5) is 61.2. The van der Waals surface area contributed by atoms with Gasteiger partial charge in [0.25, 0.3) is 0 Å². The first-order valence-corrected chi connectivity index (χ1v) is 10.9. The Morgan fingerprint density at radius 1 is 0.719 bits per heavy atom. The van der Waals surface area contributed by atoms with Gasteiger partial charge < -0.3 is 32.1 Å². The molecular formula is C21H39N5O6. The zero-order valence-corrected chi connectivity index (χ0v) is 20.0. The van der Waals surface area contributed by atoms with E-state index in [-0.39, 0.29) is 24.3 Å². The lowest BCUT2D eigenvalue weighted by Crippen LogP contribution is -2.60. The first-order chi connectivity index (χ1) is 14.8. The molecule has 0 unspecified atom stereocenters. The largest absolute Gasteiger partial charge is 0.480 e. The van der Waals surface area contributed by atoms with Gasteiger partial charge in [-0.2, -0.15) is 0 Å². The van der Waals surface area contributed by atoms with Crippen LogP contribution in [0.1, 0.15) is 54.9 Å². The maximum absolute atomic E-state index is 13.0. The summed E-state index contributed by atoms with van der Waals surface area (Å²) in [6, 6.07) is -3.96. The molecule has 0 aliphatic carbocycles. The molecule has 0 fully saturated rings. The zero-order valence-electron chi connectivity index (χ0n) is 20.0. The fourth-order valence-electron chi connectivity index (χ4n) is 2.86. The molecule has 11 nitrogen and oxygen atoms in total. The third-order valence-electron chi connectivity index (χ3n) is 5.22. The number of hydrogen-bond donors (Lipinski definition) is 6. The number of amides is 4. The van der Waals surface area contributed by atoms with Gasteiger partial charge in [-0.1, -0.05) is 48.0 Å². The van der Waals surface area contributed by atoms with E-state index in [1.165, 1.54) is 6.92 Å². The van der Waals surface area contributed by atoms with Crippen molar-refractivity contribution < 1.29 is 29.1 Å². The molecule has 11 heteroatoms. The van der Waals surface area contributed by atoms with Crippen molar-refractivity contribution in [2.75, 3.05) is 6.54 Å². The van der Waals surface area contributed by atoms with Crippen LogP contribution in [0.2, 0.25) is 0 Å². The molecule has 0 radical (unpaired) electrons. The van der Waals surface area contributed by atoms with Gasteiger partial charge in [-0.25, -0.2) is 0 Å². The highest BCUT2D eigenvalue weighted by atomic mass is 16.4. The van der Waals surface area contributed by atoms with Gasteiger partial charge in [-0.05, 0) is 24.7 Å². The van der Waals surface area contributed by atoms with Gasteiger partial charge in [0.05, 0.1) is 6.54 Å². The minimum atomic E-state index is -1.20. The van der Waals surface area contributed by atoms with E-state index in [0.717, 1.165) is 0 Å². The van der Waals surface area contributed by atoms with Gasteiger partial charge >= 0.3 is 5.97 Å². The molecule has 0 saturated heterocycles. The molecule has 0 rings (SSSR count). The maximum Gasteiger partial charge on any atom is 0.325 e. The fraction of sp³-hybridized carbons (Fsp3) is 0.762. The summed E-state index contributed by atoms with van der Waals surface area (Å²) in [6.45, 7) is 11.6. The van der Waals surface area contributed by atoms with Crippen molar-refractivity contribution in [3.63, 3.8) is 0 Å². The van der Waals surface area contributed by atoms with Crippen LogP contribution >= 0.6 is 0 Å². The van der Waals surface area contributed by atoms with Crippen molar-refractivity contribution in [1.29, 1.82) is 0 Å². The Kier molecular flexibility index (Phi) is 12.5. The smallest absolute Gasteiger partial charge is 0.325 e. The highest BCUT2D eigenvalue weighted by molar-refractivity contribution is 5.95. The third kappa shape index (κ3) is 9.21. The second-order valence-electron chi connectivity index (χ2n) is 8.66. The normalized spacial score (nSPS) is 15.8. The van der Waals surface area contributed by atoms with Crippen LogP contribution in [0.15, 0.2) is 0 Å². The third-order valence-corrected chi connectivity index (χ3v) is 5.22. The molecule has 184 valence electrons. The minimum Gasteiger partial charge on any atom is -0.480 e. The zero-order chi connectivity index (χ0) is 25.2. The van der Waals surface area contributed by atoms with Gasteiger partial charge in [0, 0.05) is 0 Å². The molecule has 0 aromatic rings. The Morgan fingerprint density at radius 2 is 1.12 bits per heavy atom. The molecule has 0 aromatic carbocycles. The summed E-state index contributed by atoms with van der Waals surface area (Å²) in [6.07, 6.45) is 0.555. The van der Waals surface area contributed by atoms with Crippen molar-refractivity contribution in [1.82, 2.24) is 21.3 Å². The molecule has 0 spiro atoms. The van der Waals surface area contributed by atoms with Crippen LogP contribution in [0, 0.1) is 17.8 Å². The Balaban J connectivity index is 5.55. The van der Waals surface area contributed by atoms with E-state index < -0.39 is 53.8 Å². The van der Waals surface area contributed by atoms with E-state index in [0.29, 0.717) is 6.42 Å². The Morgan fingerprint density at radius 3 is 1.50 bits per heavy atom. The molecular weight excluding hydrogens is 418 g/mol. The van der Waals surface area contributed by atoms with E-state index in [4.69, 9.17) is 10.8 Å². The van der Waals surface area contributed by atoms with Crippen LogP contribution in [0.3, 0.4) is 0 Å². The quantitative estimate of drug-likeness (QED) is 0.212.